The average molecular weight is 389 g/mol. The fraction of sp³-hybridized carbons (Fsp3) is 0.381. The molecule has 1 N–H and O–H groups in total. The van der Waals surface area contributed by atoms with Crippen LogP contribution in [-0.2, 0) is 20.2 Å². The summed E-state index contributed by atoms with van der Waals surface area (Å²) in [6, 6.07) is 15.0. The lowest BCUT2D eigenvalue weighted by Crippen LogP contribution is -2.33. The molecule has 2 rings (SSSR count). The van der Waals surface area contributed by atoms with Gasteiger partial charge in [-0.15, -0.1) is 0 Å². The van der Waals surface area contributed by atoms with Gasteiger partial charge in [-0.1, -0.05) is 45.0 Å². The lowest BCUT2D eigenvalue weighted by molar-refractivity contribution is -0.116. The number of benzene rings is 2. The van der Waals surface area contributed by atoms with Gasteiger partial charge < -0.3 is 5.32 Å². The second-order valence-corrected chi connectivity index (χ2v) is 9.71. The molecule has 0 aliphatic heterocycles. The molecular weight excluding hydrogens is 360 g/mol. The lowest BCUT2D eigenvalue weighted by atomic mass is 9.87. The Morgan fingerprint density at radius 1 is 1.07 bits per heavy atom. The molecule has 0 saturated heterocycles. The number of sulfonamides is 1. The molecule has 0 aliphatic rings. The summed E-state index contributed by atoms with van der Waals surface area (Å²) in [6.45, 7) is 8.38. The molecule has 0 bridgehead atoms. The molecule has 27 heavy (non-hydrogen) atoms. The smallest absolute Gasteiger partial charge is 0.232 e. The Morgan fingerprint density at radius 2 is 1.70 bits per heavy atom. The third kappa shape index (κ3) is 6.10. The third-order valence-corrected chi connectivity index (χ3v) is 5.46. The van der Waals surface area contributed by atoms with Crippen LogP contribution < -0.4 is 9.62 Å². The Balaban J connectivity index is 2.04. The summed E-state index contributed by atoms with van der Waals surface area (Å²) >= 11 is 0. The van der Waals surface area contributed by atoms with Crippen molar-refractivity contribution >= 4 is 27.3 Å². The van der Waals surface area contributed by atoms with Gasteiger partial charge >= 0.3 is 0 Å². The standard InChI is InChI=1S/C21H28N2O3S/c1-16-7-6-8-19(15-16)23(27(5,25)26)14-13-20(24)22-18-11-9-17(10-12-18)21(2,3)4/h6-12,15H,13-14H2,1-5H3,(H,22,24). The van der Waals surface area contributed by atoms with E-state index in [0.717, 1.165) is 11.8 Å². The van der Waals surface area contributed by atoms with Crippen LogP contribution in [0, 0.1) is 6.92 Å². The van der Waals surface area contributed by atoms with E-state index in [1.807, 2.05) is 37.3 Å². The summed E-state index contributed by atoms with van der Waals surface area (Å²) in [6.07, 6.45) is 1.22. The van der Waals surface area contributed by atoms with Crippen molar-refractivity contribution in [2.45, 2.75) is 39.5 Å². The third-order valence-electron chi connectivity index (χ3n) is 4.27. The molecule has 2 aromatic rings. The SMILES string of the molecule is Cc1cccc(N(CCC(=O)Nc2ccc(C(C)(C)C)cc2)S(C)(=O)=O)c1. The van der Waals surface area contributed by atoms with E-state index in [1.54, 1.807) is 18.2 Å². The highest BCUT2D eigenvalue weighted by atomic mass is 32.2. The van der Waals surface area contributed by atoms with Gasteiger partial charge in [0.2, 0.25) is 15.9 Å². The quantitative estimate of drug-likeness (QED) is 0.811. The Morgan fingerprint density at radius 3 is 2.22 bits per heavy atom. The average Bonchev–Trinajstić information content (AvgIpc) is 2.53. The first kappa shape index (κ1) is 21.0. The highest BCUT2D eigenvalue weighted by Gasteiger charge is 2.19. The fourth-order valence-electron chi connectivity index (χ4n) is 2.75. The summed E-state index contributed by atoms with van der Waals surface area (Å²) in [4.78, 5) is 12.3. The molecule has 0 aliphatic carbocycles. The first-order valence-electron chi connectivity index (χ1n) is 8.91. The monoisotopic (exact) mass is 388 g/mol. The lowest BCUT2D eigenvalue weighted by Gasteiger charge is -2.22. The van der Waals surface area contributed by atoms with Crippen LogP contribution in [0.3, 0.4) is 0 Å². The first-order valence-corrected chi connectivity index (χ1v) is 10.8. The van der Waals surface area contributed by atoms with Crippen molar-refractivity contribution in [2.75, 3.05) is 22.4 Å². The summed E-state index contributed by atoms with van der Waals surface area (Å²) in [5.41, 5.74) is 3.47. The number of nitrogens with zero attached hydrogens (tertiary/aromatic N) is 1. The summed E-state index contributed by atoms with van der Waals surface area (Å²) in [7, 11) is -3.47. The van der Waals surface area contributed by atoms with Crippen molar-refractivity contribution in [3.8, 4) is 0 Å². The molecular formula is C21H28N2O3S. The van der Waals surface area contributed by atoms with Gasteiger partial charge in [-0.05, 0) is 47.7 Å². The highest BCUT2D eigenvalue weighted by molar-refractivity contribution is 7.92. The van der Waals surface area contributed by atoms with E-state index in [9.17, 15) is 13.2 Å². The molecule has 0 fully saturated rings. The first-order chi connectivity index (χ1) is 12.5. The van der Waals surface area contributed by atoms with Crippen LogP contribution in [0.15, 0.2) is 48.5 Å². The molecule has 2 aromatic carbocycles. The van der Waals surface area contributed by atoms with E-state index in [4.69, 9.17) is 0 Å². The predicted molar refractivity (Wildman–Crippen MR) is 112 cm³/mol. The van der Waals surface area contributed by atoms with Crippen LogP contribution >= 0.6 is 0 Å². The zero-order valence-corrected chi connectivity index (χ0v) is 17.4. The maximum Gasteiger partial charge on any atom is 0.232 e. The van der Waals surface area contributed by atoms with Gasteiger partial charge in [-0.3, -0.25) is 9.10 Å². The van der Waals surface area contributed by atoms with Crippen LogP contribution in [0.5, 0.6) is 0 Å². The fourth-order valence-corrected chi connectivity index (χ4v) is 3.67. The summed E-state index contributed by atoms with van der Waals surface area (Å²) in [5.74, 6) is -0.222. The van der Waals surface area contributed by atoms with Crippen LogP contribution in [0.2, 0.25) is 0 Å². The van der Waals surface area contributed by atoms with Crippen LogP contribution in [-0.4, -0.2) is 27.1 Å². The molecule has 0 atom stereocenters. The number of hydrogen-bond acceptors (Lipinski definition) is 3. The van der Waals surface area contributed by atoms with Gasteiger partial charge in [0.05, 0.1) is 11.9 Å². The number of carbonyl (C=O) groups excluding carboxylic acids is 1. The van der Waals surface area contributed by atoms with Gasteiger partial charge in [0, 0.05) is 18.7 Å². The Labute approximate surface area is 162 Å². The highest BCUT2D eigenvalue weighted by Crippen LogP contribution is 2.24. The van der Waals surface area contributed by atoms with Crippen molar-refractivity contribution in [3.63, 3.8) is 0 Å². The normalized spacial score (nSPS) is 11.9. The predicted octanol–water partition coefficient (Wildman–Crippen LogP) is 4.09. The van der Waals surface area contributed by atoms with Crippen molar-refractivity contribution in [3.05, 3.63) is 59.7 Å². The zero-order valence-electron chi connectivity index (χ0n) is 16.6. The van der Waals surface area contributed by atoms with Crippen LogP contribution in [0.4, 0.5) is 11.4 Å². The van der Waals surface area contributed by atoms with E-state index in [2.05, 4.69) is 26.1 Å². The van der Waals surface area contributed by atoms with E-state index >= 15 is 0 Å². The van der Waals surface area contributed by atoms with Crippen molar-refractivity contribution in [1.29, 1.82) is 0 Å². The number of aryl methyl sites for hydroxylation is 1. The van der Waals surface area contributed by atoms with Crippen molar-refractivity contribution < 1.29 is 13.2 Å². The molecule has 0 aromatic heterocycles. The van der Waals surface area contributed by atoms with Crippen molar-refractivity contribution in [1.82, 2.24) is 0 Å². The van der Waals surface area contributed by atoms with Gasteiger partial charge in [-0.25, -0.2) is 8.42 Å². The Kier molecular flexibility index (Phi) is 6.31. The van der Waals surface area contributed by atoms with Crippen molar-refractivity contribution in [2.24, 2.45) is 0 Å². The molecule has 0 unspecified atom stereocenters. The number of anilines is 2. The van der Waals surface area contributed by atoms with Gasteiger partial charge in [0.15, 0.2) is 0 Å². The molecule has 1 amide bonds. The number of carbonyl (C=O) groups is 1. The van der Waals surface area contributed by atoms with E-state index in [0.29, 0.717) is 11.4 Å². The van der Waals surface area contributed by atoms with Crippen LogP contribution in [0.25, 0.3) is 0 Å². The summed E-state index contributed by atoms with van der Waals surface area (Å²) < 4.78 is 25.5. The number of amides is 1. The Hall–Kier alpha value is -2.34. The van der Waals surface area contributed by atoms with E-state index in [1.165, 1.54) is 9.87 Å². The molecule has 5 nitrogen and oxygen atoms in total. The molecule has 0 saturated carbocycles. The van der Waals surface area contributed by atoms with Gasteiger partial charge in [0.1, 0.15) is 0 Å². The molecule has 0 radical (unpaired) electrons. The minimum atomic E-state index is -3.47. The minimum absolute atomic E-state index is 0.0480. The second-order valence-electron chi connectivity index (χ2n) is 7.80. The topological polar surface area (TPSA) is 66.5 Å². The molecule has 0 spiro atoms. The number of rotatable bonds is 6. The van der Waals surface area contributed by atoms with Gasteiger partial charge in [-0.2, -0.15) is 0 Å². The Bertz CT molecular complexity index is 898. The van der Waals surface area contributed by atoms with E-state index in [-0.39, 0.29) is 24.3 Å². The molecule has 6 heteroatoms. The molecule has 0 heterocycles. The maximum atomic E-state index is 12.3. The van der Waals surface area contributed by atoms with Crippen LogP contribution in [0.1, 0.15) is 38.3 Å². The molecule has 146 valence electrons. The summed E-state index contributed by atoms with van der Waals surface area (Å²) in [5, 5.41) is 2.83. The number of hydrogen-bond donors (Lipinski definition) is 1. The zero-order chi connectivity index (χ0) is 20.2. The van der Waals surface area contributed by atoms with Gasteiger partial charge in [0.25, 0.3) is 0 Å². The maximum absolute atomic E-state index is 12.3. The number of nitrogens with one attached hydrogen (secondary N) is 1. The largest absolute Gasteiger partial charge is 0.326 e. The van der Waals surface area contributed by atoms with E-state index < -0.39 is 10.0 Å². The minimum Gasteiger partial charge on any atom is -0.326 e. The second kappa shape index (κ2) is 8.13.